The molecule has 0 radical (unpaired) electrons. The Morgan fingerprint density at radius 1 is 0.328 bits per heavy atom. The molecule has 0 aromatic heterocycles. The van der Waals surface area contributed by atoms with E-state index in [0.717, 1.165) is 109 Å². The fraction of sp³-hybridized carbons (Fsp3) is 0.947. The Morgan fingerprint density at radius 2 is 0.582 bits per heavy atom. The number of epoxide rings is 4. The second-order valence-electron chi connectivity index (χ2n) is 21.1. The quantitative estimate of drug-likeness (QED) is 0.0251. The highest BCUT2D eigenvalue weighted by molar-refractivity contribution is 5.71. The zero-order valence-electron chi connectivity index (χ0n) is 43.5. The first-order chi connectivity index (χ1) is 32.9. The number of hydrogen-bond acceptors (Lipinski definition) is 10. The molecule has 0 aromatic carbocycles. The highest BCUT2D eigenvalue weighted by atomic mass is 16.6. The van der Waals surface area contributed by atoms with Crippen LogP contribution in [0.25, 0.3) is 0 Å². The van der Waals surface area contributed by atoms with Crippen molar-refractivity contribution in [3.63, 3.8) is 0 Å². The third kappa shape index (κ3) is 29.9. The molecule has 4 aliphatic heterocycles. The maximum Gasteiger partial charge on any atom is 0.306 e. The molecule has 10 heteroatoms. The van der Waals surface area contributed by atoms with Gasteiger partial charge in [-0.25, -0.2) is 0 Å². The van der Waals surface area contributed by atoms with Gasteiger partial charge in [0.15, 0.2) is 6.10 Å². The number of carbonyl (C=O) groups is 3. The SMILES string of the molecule is CCCCCCCCC1OC1CCCCCCCC(=O)OCC(COC(=O)CCCCCCCC1OC1CC1OC1CCCCC)OC(=O)CCCCCCCC1OC1CCCCCCCC. The second kappa shape index (κ2) is 37.1. The van der Waals surface area contributed by atoms with Crippen LogP contribution in [-0.4, -0.2) is 86.1 Å². The number of rotatable bonds is 49. The van der Waals surface area contributed by atoms with Crippen LogP contribution in [0, 0.1) is 0 Å². The van der Waals surface area contributed by atoms with Crippen LogP contribution in [0.15, 0.2) is 0 Å². The highest BCUT2D eigenvalue weighted by Gasteiger charge is 2.47. The molecule has 0 saturated carbocycles. The number of esters is 3. The van der Waals surface area contributed by atoms with Crippen molar-refractivity contribution in [2.45, 2.75) is 333 Å². The minimum atomic E-state index is -0.801. The van der Waals surface area contributed by atoms with Crippen LogP contribution in [0.2, 0.25) is 0 Å². The van der Waals surface area contributed by atoms with E-state index >= 15 is 0 Å². The van der Waals surface area contributed by atoms with Gasteiger partial charge in [0, 0.05) is 25.7 Å². The molecule has 4 aliphatic rings. The van der Waals surface area contributed by atoms with Crippen LogP contribution in [0.5, 0.6) is 0 Å². The fourth-order valence-corrected chi connectivity index (χ4v) is 10.0. The summed E-state index contributed by atoms with van der Waals surface area (Å²) in [4.78, 5) is 38.3. The number of unbranched alkanes of at least 4 members (excludes halogenated alkanes) is 24. The normalized spacial score (nSPS) is 24.0. The third-order valence-corrected chi connectivity index (χ3v) is 14.8. The molecule has 4 heterocycles. The first kappa shape index (κ1) is 57.8. The molecule has 0 spiro atoms. The van der Waals surface area contributed by atoms with Crippen molar-refractivity contribution in [1.82, 2.24) is 0 Å². The van der Waals surface area contributed by atoms with Gasteiger partial charge in [-0.2, -0.15) is 0 Å². The van der Waals surface area contributed by atoms with E-state index in [2.05, 4.69) is 20.8 Å². The van der Waals surface area contributed by atoms with Crippen molar-refractivity contribution in [2.75, 3.05) is 13.2 Å². The average Bonchev–Trinajstić information content (AvgIpc) is 4.15. The molecule has 4 fully saturated rings. The summed E-state index contributed by atoms with van der Waals surface area (Å²) in [5, 5.41) is 0. The summed E-state index contributed by atoms with van der Waals surface area (Å²) in [6.45, 7) is 6.57. The molecule has 0 bridgehead atoms. The average molecular weight is 947 g/mol. The molecule has 10 nitrogen and oxygen atoms in total. The van der Waals surface area contributed by atoms with Gasteiger partial charge >= 0.3 is 17.9 Å². The van der Waals surface area contributed by atoms with Crippen LogP contribution >= 0.6 is 0 Å². The van der Waals surface area contributed by atoms with Gasteiger partial charge in [-0.3, -0.25) is 14.4 Å². The van der Waals surface area contributed by atoms with E-state index in [1.54, 1.807) is 0 Å². The van der Waals surface area contributed by atoms with Crippen molar-refractivity contribution in [3.8, 4) is 0 Å². The lowest BCUT2D eigenvalue weighted by Gasteiger charge is -2.18. The first-order valence-electron chi connectivity index (χ1n) is 29.0. The van der Waals surface area contributed by atoms with Gasteiger partial charge in [-0.05, 0) is 57.8 Å². The van der Waals surface area contributed by atoms with Crippen molar-refractivity contribution in [1.29, 1.82) is 0 Å². The number of hydrogen-bond donors (Lipinski definition) is 0. The topological polar surface area (TPSA) is 129 Å². The molecule has 0 aromatic rings. The Morgan fingerprint density at radius 3 is 0.940 bits per heavy atom. The van der Waals surface area contributed by atoms with Crippen molar-refractivity contribution in [3.05, 3.63) is 0 Å². The van der Waals surface area contributed by atoms with E-state index in [9.17, 15) is 14.4 Å². The Balaban J connectivity index is 1.01. The molecule has 0 aliphatic carbocycles. The monoisotopic (exact) mass is 947 g/mol. The van der Waals surface area contributed by atoms with E-state index in [1.807, 2.05) is 0 Å². The lowest BCUT2D eigenvalue weighted by molar-refractivity contribution is -0.167. The molecular weight excluding hydrogens is 845 g/mol. The lowest BCUT2D eigenvalue weighted by atomic mass is 10.0. The summed E-state index contributed by atoms with van der Waals surface area (Å²) in [5.74, 6) is -0.931. The van der Waals surface area contributed by atoms with Crippen molar-refractivity contribution >= 4 is 17.9 Å². The minimum absolute atomic E-state index is 0.0962. The molecule has 4 rings (SSSR count). The molecule has 4 saturated heterocycles. The maximum absolute atomic E-state index is 12.9. The van der Waals surface area contributed by atoms with Gasteiger partial charge in [0.25, 0.3) is 0 Å². The van der Waals surface area contributed by atoms with Crippen LogP contribution in [0.3, 0.4) is 0 Å². The largest absolute Gasteiger partial charge is 0.462 e. The summed E-state index contributed by atoms with van der Waals surface area (Å²) < 4.78 is 40.5. The lowest BCUT2D eigenvalue weighted by Crippen LogP contribution is -2.30. The summed E-state index contributed by atoms with van der Waals surface area (Å²) >= 11 is 0. The Hall–Kier alpha value is -1.75. The summed E-state index contributed by atoms with van der Waals surface area (Å²) in [7, 11) is 0. The molecule has 0 amide bonds. The Kier molecular flexibility index (Phi) is 32.0. The van der Waals surface area contributed by atoms with Gasteiger partial charge < -0.3 is 33.2 Å². The first-order valence-corrected chi connectivity index (χ1v) is 29.0. The van der Waals surface area contributed by atoms with Gasteiger partial charge in [-0.1, -0.05) is 194 Å². The van der Waals surface area contributed by atoms with Crippen molar-refractivity contribution in [2.24, 2.45) is 0 Å². The predicted octanol–water partition coefficient (Wildman–Crippen LogP) is 14.7. The highest BCUT2D eigenvalue weighted by Crippen LogP contribution is 2.39. The molecule has 0 N–H and O–H groups in total. The fourth-order valence-electron chi connectivity index (χ4n) is 10.0. The van der Waals surface area contributed by atoms with E-state index in [-0.39, 0.29) is 31.1 Å². The van der Waals surface area contributed by atoms with E-state index in [0.29, 0.717) is 68.1 Å². The Labute approximate surface area is 409 Å². The summed E-state index contributed by atoms with van der Waals surface area (Å²) in [6.07, 6.45) is 47.1. The smallest absolute Gasteiger partial charge is 0.306 e. The van der Waals surface area contributed by atoms with E-state index < -0.39 is 6.10 Å². The number of carbonyl (C=O) groups excluding carboxylic acids is 3. The van der Waals surface area contributed by atoms with Crippen LogP contribution in [-0.2, 0) is 47.5 Å². The van der Waals surface area contributed by atoms with Crippen LogP contribution in [0.1, 0.15) is 278 Å². The predicted molar refractivity (Wildman–Crippen MR) is 268 cm³/mol. The van der Waals surface area contributed by atoms with Crippen LogP contribution in [0.4, 0.5) is 0 Å². The summed E-state index contributed by atoms with van der Waals surface area (Å²) in [5.41, 5.74) is 0. The number of ether oxygens (including phenoxy) is 7. The van der Waals surface area contributed by atoms with E-state index in [4.69, 9.17) is 33.2 Å². The van der Waals surface area contributed by atoms with Gasteiger partial charge in [0.2, 0.25) is 0 Å². The molecule has 67 heavy (non-hydrogen) atoms. The van der Waals surface area contributed by atoms with Gasteiger partial charge in [-0.15, -0.1) is 0 Å². The third-order valence-electron chi connectivity index (χ3n) is 14.8. The van der Waals surface area contributed by atoms with Gasteiger partial charge in [0.1, 0.15) is 13.2 Å². The molecule has 9 unspecified atom stereocenters. The van der Waals surface area contributed by atoms with Crippen molar-refractivity contribution < 1.29 is 47.5 Å². The molecular formula is C57H102O10. The zero-order valence-corrected chi connectivity index (χ0v) is 43.5. The Bertz CT molecular complexity index is 1260. The van der Waals surface area contributed by atoms with Gasteiger partial charge in [0.05, 0.1) is 48.8 Å². The molecule has 9 atom stereocenters. The maximum atomic E-state index is 12.9. The minimum Gasteiger partial charge on any atom is -0.462 e. The molecule has 390 valence electrons. The summed E-state index contributed by atoms with van der Waals surface area (Å²) in [6, 6.07) is 0. The standard InChI is InChI=1S/C57H102O10/c1-4-7-10-12-17-26-35-47-49(64-47)37-28-19-14-22-31-40-55(58)61-44-46(63-57(60)42-33-24-16-20-29-38-50-48(65-50)36-27-18-13-11-8-5-2)45-62-56(59)41-32-23-15-21-30-39-52-54(67-52)43-53-51(66-53)34-25-9-6-3/h46-54H,4-45H2,1-3H3. The van der Waals surface area contributed by atoms with Crippen LogP contribution < -0.4 is 0 Å². The van der Waals surface area contributed by atoms with E-state index in [1.165, 1.54) is 128 Å². The second-order valence-corrected chi connectivity index (χ2v) is 21.1. The zero-order chi connectivity index (χ0) is 47.6.